The molecule has 104 valence electrons. The van der Waals surface area contributed by atoms with Gasteiger partial charge in [-0.3, -0.25) is 10.1 Å². The minimum atomic E-state index is -0.411. The Balaban J connectivity index is 2.03. The van der Waals surface area contributed by atoms with Gasteiger partial charge in [0, 0.05) is 23.1 Å². The number of benzene rings is 1. The zero-order valence-corrected chi connectivity index (χ0v) is 11.3. The molecule has 1 aromatic rings. The molecule has 0 saturated carbocycles. The van der Waals surface area contributed by atoms with E-state index in [1.54, 1.807) is 12.1 Å². The summed E-state index contributed by atoms with van der Waals surface area (Å²) in [4.78, 5) is 10.2. The summed E-state index contributed by atoms with van der Waals surface area (Å²) in [6.45, 7) is 5.62. The summed E-state index contributed by atoms with van der Waals surface area (Å²) in [6, 6.07) is 6.33. The second kappa shape index (κ2) is 5.67. The Bertz CT molecular complexity index is 429. The van der Waals surface area contributed by atoms with Crippen molar-refractivity contribution in [1.82, 2.24) is 0 Å². The van der Waals surface area contributed by atoms with Gasteiger partial charge in [-0.15, -0.1) is 0 Å². The van der Waals surface area contributed by atoms with E-state index in [1.165, 1.54) is 12.1 Å². The summed E-state index contributed by atoms with van der Waals surface area (Å²) in [5, 5.41) is 10.6. The molecule has 5 heteroatoms. The highest BCUT2D eigenvalue weighted by atomic mass is 16.7. The molecule has 1 aliphatic rings. The summed E-state index contributed by atoms with van der Waals surface area (Å²) < 4.78 is 11.5. The Morgan fingerprint density at radius 3 is 2.16 bits per heavy atom. The first-order valence-corrected chi connectivity index (χ1v) is 6.58. The lowest BCUT2D eigenvalue weighted by atomic mass is 9.83. The van der Waals surface area contributed by atoms with E-state index in [2.05, 4.69) is 13.8 Å². The number of nitro benzene ring substituents is 1. The zero-order valence-electron chi connectivity index (χ0n) is 11.3. The van der Waals surface area contributed by atoms with E-state index in [0.29, 0.717) is 13.2 Å². The normalized spacial score (nSPS) is 19.3. The molecule has 2 rings (SSSR count). The van der Waals surface area contributed by atoms with E-state index < -0.39 is 11.2 Å². The first kappa shape index (κ1) is 14.0. The number of nitro groups is 1. The summed E-state index contributed by atoms with van der Waals surface area (Å²) in [7, 11) is 0. The highest BCUT2D eigenvalue weighted by molar-refractivity contribution is 5.33. The third-order valence-electron chi connectivity index (χ3n) is 3.96. The van der Waals surface area contributed by atoms with Crippen LogP contribution in [0.25, 0.3) is 0 Å². The van der Waals surface area contributed by atoms with Crippen LogP contribution in [0.2, 0.25) is 0 Å². The van der Waals surface area contributed by atoms with Crippen molar-refractivity contribution in [2.24, 2.45) is 5.41 Å². The molecule has 1 fully saturated rings. The number of non-ortho nitro benzene ring substituents is 1. The number of nitrogens with zero attached hydrogens (tertiary/aromatic N) is 1. The van der Waals surface area contributed by atoms with Gasteiger partial charge < -0.3 is 9.47 Å². The molecule has 1 aliphatic heterocycles. The predicted octanol–water partition coefficient (Wildman–Crippen LogP) is 3.45. The first-order chi connectivity index (χ1) is 9.10. The standard InChI is InChI=1S/C14H19NO4/c1-3-14(4-2)9-18-13(19-10-14)11-5-7-12(8-6-11)15(16)17/h5-8,13H,3-4,9-10H2,1-2H3. The van der Waals surface area contributed by atoms with Crippen molar-refractivity contribution in [1.29, 1.82) is 0 Å². The lowest BCUT2D eigenvalue weighted by Gasteiger charge is -2.38. The van der Waals surface area contributed by atoms with Crippen molar-refractivity contribution < 1.29 is 14.4 Å². The molecule has 19 heavy (non-hydrogen) atoms. The van der Waals surface area contributed by atoms with Crippen LogP contribution in [0.5, 0.6) is 0 Å². The fraction of sp³-hybridized carbons (Fsp3) is 0.571. The van der Waals surface area contributed by atoms with E-state index in [9.17, 15) is 10.1 Å². The molecule has 0 amide bonds. The summed E-state index contributed by atoms with van der Waals surface area (Å²) in [5.74, 6) is 0. The Kier molecular flexibility index (Phi) is 4.17. The molecular formula is C14H19NO4. The van der Waals surface area contributed by atoms with Gasteiger partial charge >= 0.3 is 0 Å². The Morgan fingerprint density at radius 2 is 1.74 bits per heavy atom. The van der Waals surface area contributed by atoms with Gasteiger partial charge in [0.25, 0.3) is 5.69 Å². The van der Waals surface area contributed by atoms with Gasteiger partial charge in [0.1, 0.15) is 0 Å². The van der Waals surface area contributed by atoms with Crippen LogP contribution >= 0.6 is 0 Å². The summed E-state index contributed by atoms with van der Waals surface area (Å²) in [5.41, 5.74) is 1.01. The lowest BCUT2D eigenvalue weighted by Crippen LogP contribution is -2.37. The van der Waals surface area contributed by atoms with E-state index in [1.807, 2.05) is 0 Å². The van der Waals surface area contributed by atoms with Crippen molar-refractivity contribution in [3.63, 3.8) is 0 Å². The van der Waals surface area contributed by atoms with Crippen molar-refractivity contribution in [2.75, 3.05) is 13.2 Å². The van der Waals surface area contributed by atoms with E-state index >= 15 is 0 Å². The van der Waals surface area contributed by atoms with Gasteiger partial charge in [-0.05, 0) is 25.0 Å². The van der Waals surface area contributed by atoms with Crippen LogP contribution in [0.15, 0.2) is 24.3 Å². The first-order valence-electron chi connectivity index (χ1n) is 6.58. The quantitative estimate of drug-likeness (QED) is 0.618. The second-order valence-electron chi connectivity index (χ2n) is 5.01. The average Bonchev–Trinajstić information content (AvgIpc) is 2.47. The SMILES string of the molecule is CCC1(CC)COC(c2ccc([N+](=O)[O-])cc2)OC1. The molecule has 0 aromatic heterocycles. The highest BCUT2D eigenvalue weighted by Gasteiger charge is 2.34. The van der Waals surface area contributed by atoms with Gasteiger partial charge in [0.2, 0.25) is 0 Å². The number of ether oxygens (including phenoxy) is 2. The fourth-order valence-corrected chi connectivity index (χ4v) is 2.20. The van der Waals surface area contributed by atoms with Crippen LogP contribution in [-0.2, 0) is 9.47 Å². The molecule has 0 atom stereocenters. The molecule has 1 saturated heterocycles. The molecule has 0 aliphatic carbocycles. The van der Waals surface area contributed by atoms with Gasteiger partial charge in [0.05, 0.1) is 18.1 Å². The van der Waals surface area contributed by atoms with Crippen LogP contribution in [0, 0.1) is 15.5 Å². The molecule has 0 radical (unpaired) electrons. The molecule has 5 nitrogen and oxygen atoms in total. The molecule has 0 spiro atoms. The smallest absolute Gasteiger partial charge is 0.269 e. The minimum absolute atomic E-state index is 0.0797. The second-order valence-corrected chi connectivity index (χ2v) is 5.01. The Labute approximate surface area is 112 Å². The summed E-state index contributed by atoms with van der Waals surface area (Å²) >= 11 is 0. The highest BCUT2D eigenvalue weighted by Crippen LogP contribution is 2.36. The van der Waals surface area contributed by atoms with Crippen molar-refractivity contribution in [3.8, 4) is 0 Å². The van der Waals surface area contributed by atoms with Crippen LogP contribution in [0.4, 0.5) is 5.69 Å². The number of rotatable bonds is 4. The van der Waals surface area contributed by atoms with Crippen molar-refractivity contribution >= 4 is 5.69 Å². The predicted molar refractivity (Wildman–Crippen MR) is 70.8 cm³/mol. The van der Waals surface area contributed by atoms with Gasteiger partial charge in [-0.2, -0.15) is 0 Å². The topological polar surface area (TPSA) is 61.6 Å². The molecule has 0 unspecified atom stereocenters. The van der Waals surface area contributed by atoms with Crippen molar-refractivity contribution in [3.05, 3.63) is 39.9 Å². The fourth-order valence-electron chi connectivity index (χ4n) is 2.20. The largest absolute Gasteiger partial charge is 0.348 e. The van der Waals surface area contributed by atoms with E-state index in [0.717, 1.165) is 18.4 Å². The number of hydrogen-bond acceptors (Lipinski definition) is 4. The Hall–Kier alpha value is -1.46. The number of hydrogen-bond donors (Lipinski definition) is 0. The van der Waals surface area contributed by atoms with E-state index in [-0.39, 0.29) is 11.1 Å². The Morgan fingerprint density at radius 1 is 1.21 bits per heavy atom. The molecule has 0 bridgehead atoms. The monoisotopic (exact) mass is 265 g/mol. The van der Waals surface area contributed by atoms with Crippen LogP contribution in [0.1, 0.15) is 38.5 Å². The maximum atomic E-state index is 10.6. The van der Waals surface area contributed by atoms with Crippen LogP contribution in [0.3, 0.4) is 0 Å². The minimum Gasteiger partial charge on any atom is -0.348 e. The zero-order chi connectivity index (χ0) is 13.9. The van der Waals surface area contributed by atoms with E-state index in [4.69, 9.17) is 9.47 Å². The molecular weight excluding hydrogens is 246 g/mol. The van der Waals surface area contributed by atoms with Gasteiger partial charge in [-0.1, -0.05) is 13.8 Å². The maximum Gasteiger partial charge on any atom is 0.269 e. The molecule has 0 N–H and O–H groups in total. The van der Waals surface area contributed by atoms with Crippen LogP contribution < -0.4 is 0 Å². The average molecular weight is 265 g/mol. The third-order valence-corrected chi connectivity index (χ3v) is 3.96. The lowest BCUT2D eigenvalue weighted by molar-refractivity contribution is -0.384. The van der Waals surface area contributed by atoms with Crippen molar-refractivity contribution in [2.45, 2.75) is 33.0 Å². The maximum absolute atomic E-state index is 10.6. The third kappa shape index (κ3) is 2.93. The van der Waals surface area contributed by atoms with Gasteiger partial charge in [0.15, 0.2) is 6.29 Å². The molecule has 1 heterocycles. The van der Waals surface area contributed by atoms with Gasteiger partial charge in [-0.25, -0.2) is 0 Å². The van der Waals surface area contributed by atoms with Crippen LogP contribution in [-0.4, -0.2) is 18.1 Å². The molecule has 1 aromatic carbocycles. The summed E-state index contributed by atoms with van der Waals surface area (Å²) in [6.07, 6.45) is 1.64.